The van der Waals surface area contributed by atoms with Crippen LogP contribution in [0, 0.1) is 0 Å². The Morgan fingerprint density at radius 3 is 2.30 bits per heavy atom. The fourth-order valence-electron chi connectivity index (χ4n) is 1.76. The van der Waals surface area contributed by atoms with Crippen LogP contribution in [0.1, 0.15) is 5.56 Å². The molecule has 0 aliphatic carbocycles. The fourth-order valence-corrected chi connectivity index (χ4v) is 2.17. The van der Waals surface area contributed by atoms with Crippen LogP contribution in [0.15, 0.2) is 28.7 Å². The summed E-state index contributed by atoms with van der Waals surface area (Å²) in [5, 5.41) is 8.63. The highest BCUT2D eigenvalue weighted by Gasteiger charge is 2.45. The minimum absolute atomic E-state index is 0.0963. The number of urea groups is 1. The Balaban J connectivity index is 2.23. The molecule has 7 nitrogen and oxygen atoms in total. The number of carboxylic acids is 1. The van der Waals surface area contributed by atoms with Crippen molar-refractivity contribution < 1.29 is 24.3 Å². The second-order valence-corrected chi connectivity index (χ2v) is 4.90. The Morgan fingerprint density at radius 2 is 1.70 bits per heavy atom. The van der Waals surface area contributed by atoms with Crippen LogP contribution in [0.3, 0.4) is 0 Å². The van der Waals surface area contributed by atoms with Crippen molar-refractivity contribution in [2.45, 2.75) is 6.54 Å². The minimum atomic E-state index is -1.36. The van der Waals surface area contributed by atoms with Gasteiger partial charge in [-0.1, -0.05) is 34.1 Å². The SMILES string of the molecule is O=C(O)CN1C(=O)C(=O)N(Cc2ccccc2Br)C1=O. The van der Waals surface area contributed by atoms with Crippen LogP contribution < -0.4 is 0 Å². The molecule has 0 atom stereocenters. The minimum Gasteiger partial charge on any atom is -0.480 e. The van der Waals surface area contributed by atoms with Crippen LogP contribution in [0.4, 0.5) is 4.79 Å². The van der Waals surface area contributed by atoms with Crippen LogP contribution in [-0.2, 0) is 20.9 Å². The summed E-state index contributed by atoms with van der Waals surface area (Å²) >= 11 is 3.27. The number of amides is 4. The van der Waals surface area contributed by atoms with E-state index >= 15 is 0 Å². The Bertz CT molecular complexity index is 616. The van der Waals surface area contributed by atoms with Crippen LogP contribution in [0.2, 0.25) is 0 Å². The van der Waals surface area contributed by atoms with Gasteiger partial charge in [-0.05, 0) is 11.6 Å². The fraction of sp³-hybridized carbons (Fsp3) is 0.167. The number of imide groups is 2. The summed E-state index contributed by atoms with van der Waals surface area (Å²) in [4.78, 5) is 46.9. The van der Waals surface area contributed by atoms with Crippen LogP contribution >= 0.6 is 15.9 Å². The summed E-state index contributed by atoms with van der Waals surface area (Å²) in [5.74, 6) is -3.50. The summed E-state index contributed by atoms with van der Waals surface area (Å²) in [6, 6.07) is 6.00. The van der Waals surface area contributed by atoms with Crippen LogP contribution in [-0.4, -0.2) is 45.3 Å². The number of nitrogens with zero attached hydrogens (tertiary/aromatic N) is 2. The molecule has 104 valence electrons. The van der Waals surface area contributed by atoms with E-state index in [0.717, 1.165) is 4.90 Å². The van der Waals surface area contributed by atoms with Gasteiger partial charge in [0.25, 0.3) is 0 Å². The van der Waals surface area contributed by atoms with Gasteiger partial charge in [-0.3, -0.25) is 19.3 Å². The highest BCUT2D eigenvalue weighted by molar-refractivity contribution is 9.10. The van der Waals surface area contributed by atoms with Crippen molar-refractivity contribution in [2.24, 2.45) is 0 Å². The van der Waals surface area contributed by atoms with E-state index in [1.165, 1.54) is 0 Å². The van der Waals surface area contributed by atoms with E-state index in [1.54, 1.807) is 24.3 Å². The van der Waals surface area contributed by atoms with E-state index < -0.39 is 30.4 Å². The first-order valence-corrected chi connectivity index (χ1v) is 6.33. The lowest BCUT2D eigenvalue weighted by Crippen LogP contribution is -2.36. The second kappa shape index (κ2) is 5.41. The Hall–Kier alpha value is -2.22. The number of carbonyl (C=O) groups is 4. The Labute approximate surface area is 121 Å². The molecular formula is C12H9BrN2O5. The number of hydrogen-bond donors (Lipinski definition) is 1. The van der Waals surface area contributed by atoms with Gasteiger partial charge in [0.1, 0.15) is 6.54 Å². The molecule has 1 heterocycles. The van der Waals surface area contributed by atoms with Crippen LogP contribution in [0.5, 0.6) is 0 Å². The standard InChI is InChI=1S/C12H9BrN2O5/c13-8-4-2-1-3-7(8)5-14-10(18)11(19)15(12(14)20)6-9(16)17/h1-4H,5-6H2,(H,16,17). The third-order valence-corrected chi connectivity index (χ3v) is 3.49. The first-order valence-electron chi connectivity index (χ1n) is 5.54. The van der Waals surface area contributed by atoms with Crippen molar-refractivity contribution in [1.29, 1.82) is 0 Å². The third kappa shape index (κ3) is 2.55. The zero-order valence-corrected chi connectivity index (χ0v) is 11.7. The molecular weight excluding hydrogens is 332 g/mol. The van der Waals surface area contributed by atoms with Gasteiger partial charge < -0.3 is 5.11 Å². The van der Waals surface area contributed by atoms with Crippen LogP contribution in [0.25, 0.3) is 0 Å². The maximum atomic E-state index is 11.9. The average Bonchev–Trinajstić information content (AvgIpc) is 2.58. The maximum absolute atomic E-state index is 11.9. The largest absolute Gasteiger partial charge is 0.480 e. The molecule has 2 rings (SSSR count). The highest BCUT2D eigenvalue weighted by atomic mass is 79.9. The number of halogens is 1. The predicted octanol–water partition coefficient (Wildman–Crippen LogP) is 0.824. The van der Waals surface area contributed by atoms with Crippen molar-refractivity contribution in [3.05, 3.63) is 34.3 Å². The zero-order valence-electron chi connectivity index (χ0n) is 10.1. The summed E-state index contributed by atoms with van der Waals surface area (Å²) in [6.45, 7) is -0.920. The number of carboxylic acid groups (broad SMARTS) is 1. The van der Waals surface area contributed by atoms with E-state index in [9.17, 15) is 19.2 Å². The van der Waals surface area contributed by atoms with Crippen molar-refractivity contribution in [2.75, 3.05) is 6.54 Å². The molecule has 8 heteroatoms. The zero-order chi connectivity index (χ0) is 14.9. The molecule has 1 N–H and O–H groups in total. The van der Waals surface area contributed by atoms with Crippen molar-refractivity contribution >= 4 is 39.7 Å². The van der Waals surface area contributed by atoms with E-state index in [2.05, 4.69) is 15.9 Å². The monoisotopic (exact) mass is 340 g/mol. The quantitative estimate of drug-likeness (QED) is 0.646. The molecule has 1 saturated heterocycles. The predicted molar refractivity (Wildman–Crippen MR) is 69.4 cm³/mol. The smallest absolute Gasteiger partial charge is 0.335 e. The topological polar surface area (TPSA) is 95.0 Å². The average molecular weight is 341 g/mol. The van der Waals surface area contributed by atoms with E-state index in [1.807, 2.05) is 0 Å². The molecule has 0 unspecified atom stereocenters. The van der Waals surface area contributed by atoms with E-state index in [-0.39, 0.29) is 6.54 Å². The van der Waals surface area contributed by atoms with Gasteiger partial charge in [-0.25, -0.2) is 9.69 Å². The van der Waals surface area contributed by atoms with Gasteiger partial charge >= 0.3 is 23.8 Å². The van der Waals surface area contributed by atoms with E-state index in [4.69, 9.17) is 5.11 Å². The van der Waals surface area contributed by atoms with Gasteiger partial charge in [0.15, 0.2) is 0 Å². The highest BCUT2D eigenvalue weighted by Crippen LogP contribution is 2.21. The molecule has 1 aliphatic heterocycles. The number of carbonyl (C=O) groups excluding carboxylic acids is 3. The molecule has 1 aromatic rings. The van der Waals surface area contributed by atoms with E-state index in [0.29, 0.717) is 14.9 Å². The molecule has 0 radical (unpaired) electrons. The summed E-state index contributed by atoms with van der Waals surface area (Å²) < 4.78 is 0.685. The number of benzene rings is 1. The molecule has 1 aliphatic rings. The molecule has 20 heavy (non-hydrogen) atoms. The summed E-state index contributed by atoms with van der Waals surface area (Å²) in [5.41, 5.74) is 0.638. The van der Waals surface area contributed by atoms with Gasteiger partial charge in [0, 0.05) is 4.47 Å². The summed E-state index contributed by atoms with van der Waals surface area (Å²) in [6.07, 6.45) is 0. The van der Waals surface area contributed by atoms with Gasteiger partial charge in [-0.2, -0.15) is 0 Å². The molecule has 0 spiro atoms. The lowest BCUT2D eigenvalue weighted by molar-refractivity contribution is -0.146. The first-order chi connectivity index (χ1) is 9.41. The first kappa shape index (κ1) is 14.2. The molecule has 0 saturated carbocycles. The Morgan fingerprint density at radius 1 is 1.10 bits per heavy atom. The number of aliphatic carboxylic acids is 1. The third-order valence-electron chi connectivity index (χ3n) is 2.71. The molecule has 0 bridgehead atoms. The Kier molecular flexibility index (Phi) is 3.84. The number of hydrogen-bond acceptors (Lipinski definition) is 4. The van der Waals surface area contributed by atoms with Gasteiger partial charge in [0.2, 0.25) is 0 Å². The molecule has 1 aromatic carbocycles. The van der Waals surface area contributed by atoms with Crippen molar-refractivity contribution in [3.8, 4) is 0 Å². The van der Waals surface area contributed by atoms with Crippen molar-refractivity contribution in [3.63, 3.8) is 0 Å². The van der Waals surface area contributed by atoms with Gasteiger partial charge in [-0.15, -0.1) is 0 Å². The molecule has 1 fully saturated rings. The lowest BCUT2D eigenvalue weighted by atomic mass is 10.2. The summed E-state index contributed by atoms with van der Waals surface area (Å²) in [7, 11) is 0. The normalized spacial score (nSPS) is 15.2. The second-order valence-electron chi connectivity index (χ2n) is 4.05. The van der Waals surface area contributed by atoms with Gasteiger partial charge in [0.05, 0.1) is 6.54 Å². The number of rotatable bonds is 4. The molecule has 0 aromatic heterocycles. The lowest BCUT2D eigenvalue weighted by Gasteiger charge is -2.14. The maximum Gasteiger partial charge on any atom is 0.335 e. The van der Waals surface area contributed by atoms with Crippen molar-refractivity contribution in [1.82, 2.24) is 9.80 Å². The molecule has 4 amide bonds.